The lowest BCUT2D eigenvalue weighted by Crippen LogP contribution is -2.48. The van der Waals surface area contributed by atoms with Gasteiger partial charge < -0.3 is 9.64 Å². The number of hydrogen-bond acceptors (Lipinski definition) is 5. The number of fused-ring (bicyclic) bond motifs is 5. The van der Waals surface area contributed by atoms with Crippen molar-refractivity contribution in [1.82, 2.24) is 0 Å². The average molecular weight is 530 g/mol. The third-order valence-corrected chi connectivity index (χ3v) is 8.56. The van der Waals surface area contributed by atoms with Crippen LogP contribution in [0.4, 0.5) is 10.1 Å². The van der Waals surface area contributed by atoms with Crippen molar-refractivity contribution in [2.45, 2.75) is 18.0 Å². The molecule has 1 saturated heterocycles. The fraction of sp³-hybridized carbons (Fsp3) is 0.147. The van der Waals surface area contributed by atoms with E-state index in [1.165, 1.54) is 19.2 Å². The van der Waals surface area contributed by atoms with Gasteiger partial charge in [0.1, 0.15) is 23.0 Å². The first-order valence-electron chi connectivity index (χ1n) is 13.1. The van der Waals surface area contributed by atoms with Crippen molar-refractivity contribution < 1.29 is 23.5 Å². The summed E-state index contributed by atoms with van der Waals surface area (Å²) in [5.74, 6) is -1.70. The minimum absolute atomic E-state index is 0.253. The SMILES string of the molecule is COc1cccc(C(=O)[C@H]2[C@H](c3ccc(F)cc3)C3(C(=O)c4ccccc4C3=O)[C@H]3C=Cc4ccccc4N23)c1. The van der Waals surface area contributed by atoms with Gasteiger partial charge in [0.15, 0.2) is 17.3 Å². The Bertz CT molecular complexity index is 1710. The number of para-hydroxylation sites is 1. The van der Waals surface area contributed by atoms with E-state index in [9.17, 15) is 18.8 Å². The van der Waals surface area contributed by atoms with Gasteiger partial charge in [0.2, 0.25) is 0 Å². The van der Waals surface area contributed by atoms with Crippen molar-refractivity contribution >= 4 is 29.1 Å². The number of carbonyl (C=O) groups excluding carboxylic acids is 3. The highest BCUT2D eigenvalue weighted by atomic mass is 19.1. The van der Waals surface area contributed by atoms with Crippen molar-refractivity contribution in [3.8, 4) is 5.75 Å². The summed E-state index contributed by atoms with van der Waals surface area (Å²) < 4.78 is 19.6. The molecule has 0 aromatic heterocycles. The largest absolute Gasteiger partial charge is 0.497 e. The number of ether oxygens (including phenoxy) is 1. The molecule has 7 rings (SSSR count). The first kappa shape index (κ1) is 24.2. The number of ketones is 3. The Labute approximate surface area is 230 Å². The van der Waals surface area contributed by atoms with Crippen LogP contribution in [0.15, 0.2) is 103 Å². The van der Waals surface area contributed by atoms with Gasteiger partial charge in [-0.25, -0.2) is 4.39 Å². The van der Waals surface area contributed by atoms with Gasteiger partial charge in [-0.3, -0.25) is 14.4 Å². The number of Topliss-reactive ketones (excluding diaryl/α,β-unsaturated/α-hetero) is 3. The van der Waals surface area contributed by atoms with E-state index in [4.69, 9.17) is 4.74 Å². The standard InChI is InChI=1S/C34H24FNO4/c1-40-24-9-6-8-22(19-24)31(37)30-29(21-13-16-23(35)17-14-21)34(32(38)25-10-3-4-11-26(25)33(34)39)28-18-15-20-7-2-5-12-27(20)36(28)30/h2-19,28-30H,1H3/t28-,29+,30-/m1/s1. The molecule has 2 heterocycles. The third-order valence-electron chi connectivity index (χ3n) is 8.56. The maximum atomic E-state index is 14.6. The Hall–Kier alpha value is -4.84. The van der Waals surface area contributed by atoms with Gasteiger partial charge in [0.05, 0.1) is 13.2 Å². The lowest BCUT2D eigenvalue weighted by atomic mass is 9.64. The number of nitrogens with zero attached hydrogens (tertiary/aromatic N) is 1. The molecule has 0 unspecified atom stereocenters. The zero-order chi connectivity index (χ0) is 27.6. The van der Waals surface area contributed by atoms with Gasteiger partial charge in [-0.1, -0.05) is 78.9 Å². The summed E-state index contributed by atoms with van der Waals surface area (Å²) in [5.41, 5.74) is 1.67. The summed E-state index contributed by atoms with van der Waals surface area (Å²) in [5, 5.41) is 0. The highest BCUT2D eigenvalue weighted by Crippen LogP contribution is 2.61. The molecule has 3 atom stereocenters. The van der Waals surface area contributed by atoms with E-state index in [0.717, 1.165) is 11.3 Å². The van der Waals surface area contributed by atoms with Crippen LogP contribution in [0.25, 0.3) is 6.08 Å². The molecule has 0 N–H and O–H groups in total. The van der Waals surface area contributed by atoms with E-state index in [0.29, 0.717) is 28.0 Å². The molecule has 196 valence electrons. The fourth-order valence-electron chi connectivity index (χ4n) is 6.91. The van der Waals surface area contributed by atoms with Crippen LogP contribution in [0.3, 0.4) is 0 Å². The van der Waals surface area contributed by atoms with Crippen LogP contribution < -0.4 is 9.64 Å². The van der Waals surface area contributed by atoms with E-state index in [-0.39, 0.29) is 17.3 Å². The molecule has 0 amide bonds. The molecule has 4 aromatic carbocycles. The van der Waals surface area contributed by atoms with Gasteiger partial charge in [-0.15, -0.1) is 0 Å². The summed E-state index contributed by atoms with van der Waals surface area (Å²) in [7, 11) is 1.53. The molecular weight excluding hydrogens is 505 g/mol. The lowest BCUT2D eigenvalue weighted by molar-refractivity contribution is 0.0666. The molecule has 3 aliphatic rings. The van der Waals surface area contributed by atoms with Crippen molar-refractivity contribution in [1.29, 1.82) is 0 Å². The average Bonchev–Trinajstić information content (AvgIpc) is 3.43. The van der Waals surface area contributed by atoms with Crippen LogP contribution in [-0.4, -0.2) is 36.5 Å². The molecule has 4 aromatic rings. The van der Waals surface area contributed by atoms with Crippen LogP contribution >= 0.6 is 0 Å². The smallest absolute Gasteiger partial charge is 0.186 e. The number of rotatable bonds is 4. The first-order chi connectivity index (χ1) is 19.5. The van der Waals surface area contributed by atoms with Gasteiger partial charge in [0, 0.05) is 28.3 Å². The van der Waals surface area contributed by atoms with Crippen molar-refractivity contribution in [2.24, 2.45) is 5.41 Å². The van der Waals surface area contributed by atoms with E-state index in [1.54, 1.807) is 60.7 Å². The molecule has 2 aliphatic heterocycles. The van der Waals surface area contributed by atoms with Crippen LogP contribution in [0.2, 0.25) is 0 Å². The Morgan fingerprint density at radius 1 is 0.850 bits per heavy atom. The van der Waals surface area contributed by atoms with Gasteiger partial charge >= 0.3 is 0 Å². The third kappa shape index (κ3) is 3.16. The molecule has 1 aliphatic carbocycles. The summed E-state index contributed by atoms with van der Waals surface area (Å²) in [6.45, 7) is 0. The summed E-state index contributed by atoms with van der Waals surface area (Å²) in [6.07, 6.45) is 3.79. The van der Waals surface area contributed by atoms with Gasteiger partial charge in [-0.05, 0) is 41.5 Å². The monoisotopic (exact) mass is 529 g/mol. The zero-order valence-corrected chi connectivity index (χ0v) is 21.6. The number of halogens is 1. The second-order valence-corrected chi connectivity index (χ2v) is 10.4. The molecule has 1 spiro atoms. The van der Waals surface area contributed by atoms with E-state index in [1.807, 2.05) is 41.3 Å². The number of carbonyl (C=O) groups is 3. The van der Waals surface area contributed by atoms with Crippen LogP contribution in [-0.2, 0) is 0 Å². The Balaban J connectivity index is 1.54. The predicted octanol–water partition coefficient (Wildman–Crippen LogP) is 6.15. The quantitative estimate of drug-likeness (QED) is 0.234. The number of benzene rings is 4. The summed E-state index contributed by atoms with van der Waals surface area (Å²) >= 11 is 0. The lowest BCUT2D eigenvalue weighted by Gasteiger charge is -2.37. The number of anilines is 1. The Morgan fingerprint density at radius 3 is 2.23 bits per heavy atom. The second kappa shape index (κ2) is 8.85. The minimum atomic E-state index is -1.62. The first-order valence-corrected chi connectivity index (χ1v) is 13.1. The fourth-order valence-corrected chi connectivity index (χ4v) is 6.91. The van der Waals surface area contributed by atoms with Crippen molar-refractivity contribution in [3.05, 3.63) is 137 Å². The minimum Gasteiger partial charge on any atom is -0.497 e. The molecular formula is C34H24FNO4. The highest BCUT2D eigenvalue weighted by molar-refractivity contribution is 6.32. The van der Waals surface area contributed by atoms with Gasteiger partial charge in [0.25, 0.3) is 0 Å². The molecule has 5 nitrogen and oxygen atoms in total. The number of methoxy groups -OCH3 is 1. The molecule has 40 heavy (non-hydrogen) atoms. The number of hydrogen-bond donors (Lipinski definition) is 0. The molecule has 6 heteroatoms. The van der Waals surface area contributed by atoms with Crippen LogP contribution in [0, 0.1) is 11.2 Å². The summed E-state index contributed by atoms with van der Waals surface area (Å²) in [6, 6.07) is 25.5. The van der Waals surface area contributed by atoms with Crippen molar-refractivity contribution in [3.63, 3.8) is 0 Å². The molecule has 0 bridgehead atoms. The van der Waals surface area contributed by atoms with E-state index < -0.39 is 29.2 Å². The normalized spacial score (nSPS) is 21.8. The second-order valence-electron chi connectivity index (χ2n) is 10.4. The topological polar surface area (TPSA) is 63.7 Å². The van der Waals surface area contributed by atoms with E-state index in [2.05, 4.69) is 0 Å². The molecule has 1 fully saturated rings. The molecule has 0 saturated carbocycles. The maximum Gasteiger partial charge on any atom is 0.186 e. The maximum absolute atomic E-state index is 14.6. The zero-order valence-electron chi connectivity index (χ0n) is 21.6. The highest BCUT2D eigenvalue weighted by Gasteiger charge is 2.71. The Kier molecular flexibility index (Phi) is 5.36. The predicted molar refractivity (Wildman–Crippen MR) is 150 cm³/mol. The Morgan fingerprint density at radius 2 is 1.52 bits per heavy atom. The van der Waals surface area contributed by atoms with Gasteiger partial charge in [-0.2, -0.15) is 0 Å². The summed E-state index contributed by atoms with van der Waals surface area (Å²) in [4.78, 5) is 45.7. The molecule has 0 radical (unpaired) electrons. The van der Waals surface area contributed by atoms with E-state index >= 15 is 0 Å². The van der Waals surface area contributed by atoms with Crippen molar-refractivity contribution in [2.75, 3.05) is 12.0 Å². The van der Waals surface area contributed by atoms with Crippen LogP contribution in [0.5, 0.6) is 5.75 Å². The van der Waals surface area contributed by atoms with Crippen LogP contribution in [0.1, 0.15) is 48.1 Å².